The summed E-state index contributed by atoms with van der Waals surface area (Å²) in [5.74, 6) is -0.146. The standard InChI is InChI=1S/C22H26F3N3O3/c1-14-17(29)13-18(31-20-4-2-3-19(27-20)22(23,24)25)21(30-14)15-5-7-16(8-6-15)28-11-9-26-10-12-28/h2-8,14,17-18,21,26,29H,9-13H2,1H3/t14-,17-,18?,21+/m1/s1. The summed E-state index contributed by atoms with van der Waals surface area (Å²) >= 11 is 0. The number of piperazine rings is 1. The Bertz CT molecular complexity index is 872. The SMILES string of the molecule is C[C@H]1O[C@@H](c2ccc(N3CCNCC3)cc2)C(Oc2cccc(C(F)(F)F)n2)C[C@H]1O. The Morgan fingerprint density at radius 1 is 1.13 bits per heavy atom. The highest BCUT2D eigenvalue weighted by Gasteiger charge is 2.38. The summed E-state index contributed by atoms with van der Waals surface area (Å²) in [7, 11) is 0. The molecule has 2 aliphatic heterocycles. The van der Waals surface area contributed by atoms with Gasteiger partial charge in [-0.2, -0.15) is 13.2 Å². The summed E-state index contributed by atoms with van der Waals surface area (Å²) in [5, 5.41) is 13.6. The van der Waals surface area contributed by atoms with E-state index in [0.29, 0.717) is 0 Å². The van der Waals surface area contributed by atoms with Crippen LogP contribution >= 0.6 is 0 Å². The van der Waals surface area contributed by atoms with E-state index >= 15 is 0 Å². The van der Waals surface area contributed by atoms with Crippen molar-refractivity contribution in [2.45, 2.75) is 43.9 Å². The summed E-state index contributed by atoms with van der Waals surface area (Å²) in [6.07, 6.45) is -6.75. The molecule has 0 spiro atoms. The van der Waals surface area contributed by atoms with Crippen LogP contribution in [0.25, 0.3) is 0 Å². The van der Waals surface area contributed by atoms with Crippen molar-refractivity contribution in [2.24, 2.45) is 0 Å². The van der Waals surface area contributed by atoms with E-state index in [1.54, 1.807) is 6.92 Å². The maximum atomic E-state index is 13.0. The number of rotatable bonds is 4. The highest BCUT2D eigenvalue weighted by atomic mass is 19.4. The van der Waals surface area contributed by atoms with E-state index in [1.807, 2.05) is 24.3 Å². The highest BCUT2D eigenvalue weighted by Crippen LogP contribution is 2.36. The summed E-state index contributed by atoms with van der Waals surface area (Å²) in [4.78, 5) is 5.88. The van der Waals surface area contributed by atoms with Gasteiger partial charge in [0.25, 0.3) is 0 Å². The zero-order chi connectivity index (χ0) is 22.0. The highest BCUT2D eigenvalue weighted by molar-refractivity contribution is 5.48. The van der Waals surface area contributed by atoms with Gasteiger partial charge in [-0.15, -0.1) is 0 Å². The Morgan fingerprint density at radius 3 is 2.52 bits per heavy atom. The third-order valence-electron chi connectivity index (χ3n) is 5.70. The molecule has 4 atom stereocenters. The summed E-state index contributed by atoms with van der Waals surface area (Å²) in [6.45, 7) is 5.49. The average Bonchev–Trinajstić information content (AvgIpc) is 2.76. The predicted octanol–water partition coefficient (Wildman–Crippen LogP) is 3.17. The number of halogens is 3. The summed E-state index contributed by atoms with van der Waals surface area (Å²) in [6, 6.07) is 11.5. The number of alkyl halides is 3. The number of ether oxygens (including phenoxy) is 2. The van der Waals surface area contributed by atoms with Crippen LogP contribution in [-0.2, 0) is 10.9 Å². The first-order chi connectivity index (χ1) is 14.8. The molecule has 0 radical (unpaired) electrons. The molecule has 1 aromatic carbocycles. The minimum atomic E-state index is -4.56. The van der Waals surface area contributed by atoms with Crippen LogP contribution in [-0.4, -0.2) is 54.6 Å². The summed E-state index contributed by atoms with van der Waals surface area (Å²) < 4.78 is 50.8. The molecule has 0 bridgehead atoms. The molecule has 1 aromatic heterocycles. The monoisotopic (exact) mass is 437 g/mol. The Balaban J connectivity index is 1.54. The van der Waals surface area contributed by atoms with Gasteiger partial charge in [-0.3, -0.25) is 0 Å². The van der Waals surface area contributed by atoms with E-state index in [9.17, 15) is 18.3 Å². The van der Waals surface area contributed by atoms with Crippen molar-refractivity contribution in [1.29, 1.82) is 0 Å². The molecular weight excluding hydrogens is 411 g/mol. The van der Waals surface area contributed by atoms with Gasteiger partial charge in [0.1, 0.15) is 17.9 Å². The number of pyridine rings is 1. The molecule has 2 aliphatic rings. The second-order valence-corrected chi connectivity index (χ2v) is 7.91. The molecule has 6 nitrogen and oxygen atoms in total. The molecule has 4 rings (SSSR count). The lowest BCUT2D eigenvalue weighted by Gasteiger charge is -2.38. The lowest BCUT2D eigenvalue weighted by molar-refractivity contribution is -0.159. The van der Waals surface area contributed by atoms with Gasteiger partial charge in [0.2, 0.25) is 5.88 Å². The fourth-order valence-electron chi connectivity index (χ4n) is 3.96. The number of benzene rings is 1. The number of aliphatic hydroxyl groups excluding tert-OH is 1. The maximum Gasteiger partial charge on any atom is 0.433 e. The van der Waals surface area contributed by atoms with Gasteiger partial charge >= 0.3 is 6.18 Å². The predicted molar refractivity (Wildman–Crippen MR) is 109 cm³/mol. The van der Waals surface area contributed by atoms with Gasteiger partial charge in [-0.25, -0.2) is 4.98 Å². The first-order valence-corrected chi connectivity index (χ1v) is 10.4. The van der Waals surface area contributed by atoms with Gasteiger partial charge < -0.3 is 24.8 Å². The van der Waals surface area contributed by atoms with Gasteiger partial charge in [-0.05, 0) is 30.7 Å². The van der Waals surface area contributed by atoms with Crippen LogP contribution in [0.5, 0.6) is 5.88 Å². The number of hydrogen-bond donors (Lipinski definition) is 2. The van der Waals surface area contributed by atoms with Crippen molar-refractivity contribution in [3.8, 4) is 5.88 Å². The minimum Gasteiger partial charge on any atom is -0.471 e. The number of hydrogen-bond acceptors (Lipinski definition) is 6. The van der Waals surface area contributed by atoms with E-state index < -0.39 is 36.3 Å². The Hall–Kier alpha value is -2.36. The second kappa shape index (κ2) is 9.02. The largest absolute Gasteiger partial charge is 0.471 e. The fourth-order valence-corrected chi connectivity index (χ4v) is 3.96. The quantitative estimate of drug-likeness (QED) is 0.766. The molecule has 2 aromatic rings. The van der Waals surface area contributed by atoms with Gasteiger partial charge in [0.05, 0.1) is 12.2 Å². The van der Waals surface area contributed by atoms with Crippen molar-refractivity contribution in [3.63, 3.8) is 0 Å². The molecule has 2 saturated heterocycles. The van der Waals surface area contributed by atoms with Gasteiger partial charge in [0, 0.05) is 44.4 Å². The van der Waals surface area contributed by atoms with Crippen molar-refractivity contribution >= 4 is 5.69 Å². The molecule has 9 heteroatoms. The minimum absolute atomic E-state index is 0.146. The first kappa shape index (κ1) is 21.9. The molecule has 168 valence electrons. The van der Waals surface area contributed by atoms with Crippen LogP contribution in [0.4, 0.5) is 18.9 Å². The Morgan fingerprint density at radius 2 is 1.84 bits per heavy atom. The topological polar surface area (TPSA) is 66.9 Å². The maximum absolute atomic E-state index is 13.0. The zero-order valence-corrected chi connectivity index (χ0v) is 17.2. The lowest BCUT2D eigenvalue weighted by Crippen LogP contribution is -2.44. The molecule has 3 heterocycles. The number of aliphatic hydroxyl groups is 1. The number of anilines is 1. The normalized spacial score (nSPS) is 27.2. The molecule has 2 fully saturated rings. The first-order valence-electron chi connectivity index (χ1n) is 10.4. The van der Waals surface area contributed by atoms with Crippen molar-refractivity contribution in [1.82, 2.24) is 10.3 Å². The fraction of sp³-hybridized carbons (Fsp3) is 0.500. The molecule has 1 unspecified atom stereocenters. The number of nitrogens with one attached hydrogen (secondary N) is 1. The van der Waals surface area contributed by atoms with E-state index in [-0.39, 0.29) is 12.3 Å². The number of aromatic nitrogens is 1. The molecule has 31 heavy (non-hydrogen) atoms. The van der Waals surface area contributed by atoms with Gasteiger partial charge in [-0.1, -0.05) is 18.2 Å². The van der Waals surface area contributed by atoms with E-state index in [1.165, 1.54) is 12.1 Å². The lowest BCUT2D eigenvalue weighted by atomic mass is 9.93. The smallest absolute Gasteiger partial charge is 0.433 e. The van der Waals surface area contributed by atoms with Crippen molar-refractivity contribution < 1.29 is 27.8 Å². The van der Waals surface area contributed by atoms with Crippen LogP contribution in [0.3, 0.4) is 0 Å². The molecule has 0 aliphatic carbocycles. The third-order valence-corrected chi connectivity index (χ3v) is 5.70. The van der Waals surface area contributed by atoms with E-state index in [2.05, 4.69) is 15.2 Å². The van der Waals surface area contributed by atoms with Crippen LogP contribution in [0, 0.1) is 0 Å². The second-order valence-electron chi connectivity index (χ2n) is 7.91. The van der Waals surface area contributed by atoms with Crippen molar-refractivity contribution in [2.75, 3.05) is 31.1 Å². The molecular formula is C22H26F3N3O3. The van der Waals surface area contributed by atoms with Crippen LogP contribution in [0.1, 0.15) is 30.7 Å². The Labute approximate surface area is 179 Å². The van der Waals surface area contributed by atoms with E-state index in [4.69, 9.17) is 9.47 Å². The van der Waals surface area contributed by atoms with Gasteiger partial charge in [0.15, 0.2) is 0 Å². The van der Waals surface area contributed by atoms with E-state index in [0.717, 1.165) is 43.5 Å². The molecule has 0 saturated carbocycles. The molecule has 0 amide bonds. The molecule has 2 N–H and O–H groups in total. The van der Waals surface area contributed by atoms with Crippen LogP contribution in [0.2, 0.25) is 0 Å². The Kier molecular flexibility index (Phi) is 6.36. The number of nitrogens with zero attached hydrogens (tertiary/aromatic N) is 2. The van der Waals surface area contributed by atoms with Crippen LogP contribution in [0.15, 0.2) is 42.5 Å². The average molecular weight is 437 g/mol. The van der Waals surface area contributed by atoms with Crippen LogP contribution < -0.4 is 15.0 Å². The van der Waals surface area contributed by atoms with Crippen molar-refractivity contribution in [3.05, 3.63) is 53.7 Å². The third kappa shape index (κ3) is 5.11. The zero-order valence-electron chi connectivity index (χ0n) is 17.2. The summed E-state index contributed by atoms with van der Waals surface area (Å²) in [5.41, 5.74) is 0.924.